The lowest BCUT2D eigenvalue weighted by molar-refractivity contribution is 0.0708. The Morgan fingerprint density at radius 3 is 2.63 bits per heavy atom. The van der Waals surface area contributed by atoms with Crippen LogP contribution in [0.1, 0.15) is 10.4 Å². The largest absolute Gasteiger partial charge is 0.383 e. The molecule has 0 radical (unpaired) electrons. The number of amides is 1. The molecule has 0 bridgehead atoms. The molecule has 0 spiro atoms. The summed E-state index contributed by atoms with van der Waals surface area (Å²) < 4.78 is 5.02. The molecule has 0 saturated carbocycles. The molecule has 0 aromatic heterocycles. The summed E-state index contributed by atoms with van der Waals surface area (Å²) in [6, 6.07) is 7.56. The highest BCUT2D eigenvalue weighted by molar-refractivity contribution is 6.18. The van der Waals surface area contributed by atoms with Crippen LogP contribution in [-0.2, 0) is 4.74 Å². The zero-order chi connectivity index (χ0) is 14.3. The number of benzene rings is 1. The molecular formula is C14H21ClN2O2. The first-order valence-corrected chi connectivity index (χ1v) is 6.75. The van der Waals surface area contributed by atoms with Crippen LogP contribution in [0.4, 0.5) is 5.69 Å². The molecule has 106 valence electrons. The van der Waals surface area contributed by atoms with Gasteiger partial charge in [0.2, 0.25) is 0 Å². The first-order chi connectivity index (χ1) is 9.10. The third kappa shape index (κ3) is 4.73. The Morgan fingerprint density at radius 2 is 2.05 bits per heavy atom. The van der Waals surface area contributed by atoms with E-state index in [2.05, 4.69) is 0 Å². The lowest BCUT2D eigenvalue weighted by Crippen LogP contribution is -2.35. The standard InChI is InChI=1S/C14H21ClN2O2/c1-16(2)13-6-4-5-12(11-13)14(18)17(8-7-15)9-10-19-3/h4-6,11H,7-10H2,1-3H3. The Morgan fingerprint density at radius 1 is 1.32 bits per heavy atom. The van der Waals surface area contributed by atoms with Gasteiger partial charge in [0, 0.05) is 51.4 Å². The number of rotatable bonds is 7. The van der Waals surface area contributed by atoms with Gasteiger partial charge < -0.3 is 14.5 Å². The van der Waals surface area contributed by atoms with E-state index in [1.807, 2.05) is 43.3 Å². The Bertz CT molecular complexity index is 410. The minimum atomic E-state index is -0.0126. The van der Waals surface area contributed by atoms with Gasteiger partial charge in [0.25, 0.3) is 5.91 Å². The van der Waals surface area contributed by atoms with E-state index in [-0.39, 0.29) is 5.91 Å². The molecule has 1 amide bonds. The molecule has 0 heterocycles. The van der Waals surface area contributed by atoms with Crippen molar-refractivity contribution in [2.24, 2.45) is 0 Å². The molecule has 0 aliphatic heterocycles. The van der Waals surface area contributed by atoms with Gasteiger partial charge in [-0.3, -0.25) is 4.79 Å². The molecule has 1 aromatic carbocycles. The number of hydrogen-bond donors (Lipinski definition) is 0. The number of halogens is 1. The lowest BCUT2D eigenvalue weighted by Gasteiger charge is -2.22. The molecule has 0 fully saturated rings. The van der Waals surface area contributed by atoms with Gasteiger partial charge in [-0.05, 0) is 18.2 Å². The number of hydrogen-bond acceptors (Lipinski definition) is 3. The summed E-state index contributed by atoms with van der Waals surface area (Å²) in [6.07, 6.45) is 0. The summed E-state index contributed by atoms with van der Waals surface area (Å²) in [4.78, 5) is 16.1. The number of carbonyl (C=O) groups excluding carboxylic acids is 1. The first kappa shape index (κ1) is 15.8. The van der Waals surface area contributed by atoms with Gasteiger partial charge >= 0.3 is 0 Å². The topological polar surface area (TPSA) is 32.8 Å². The molecule has 0 saturated heterocycles. The van der Waals surface area contributed by atoms with Crippen molar-refractivity contribution in [1.29, 1.82) is 0 Å². The molecule has 0 N–H and O–H groups in total. The van der Waals surface area contributed by atoms with E-state index in [0.717, 1.165) is 5.69 Å². The maximum atomic E-state index is 12.4. The van der Waals surface area contributed by atoms with Crippen LogP contribution in [0.15, 0.2) is 24.3 Å². The number of anilines is 1. The summed E-state index contributed by atoms with van der Waals surface area (Å²) in [6.45, 7) is 1.58. The van der Waals surface area contributed by atoms with Crippen molar-refractivity contribution in [2.75, 3.05) is 51.7 Å². The van der Waals surface area contributed by atoms with E-state index < -0.39 is 0 Å². The highest BCUT2D eigenvalue weighted by Gasteiger charge is 2.15. The fourth-order valence-electron chi connectivity index (χ4n) is 1.72. The van der Waals surface area contributed by atoms with Gasteiger partial charge in [-0.1, -0.05) is 6.07 Å². The van der Waals surface area contributed by atoms with Gasteiger partial charge in [-0.15, -0.1) is 11.6 Å². The van der Waals surface area contributed by atoms with Crippen LogP contribution >= 0.6 is 11.6 Å². The molecule has 4 nitrogen and oxygen atoms in total. The third-order valence-corrected chi connectivity index (χ3v) is 2.99. The van der Waals surface area contributed by atoms with Crippen molar-refractivity contribution in [3.05, 3.63) is 29.8 Å². The Kier molecular flexibility index (Phi) is 6.67. The van der Waals surface area contributed by atoms with Crippen LogP contribution < -0.4 is 4.90 Å². The normalized spacial score (nSPS) is 10.3. The fourth-order valence-corrected chi connectivity index (χ4v) is 1.92. The monoisotopic (exact) mass is 284 g/mol. The summed E-state index contributed by atoms with van der Waals surface area (Å²) in [7, 11) is 5.52. The van der Waals surface area contributed by atoms with Gasteiger partial charge in [-0.25, -0.2) is 0 Å². The second-order valence-corrected chi connectivity index (χ2v) is 4.80. The maximum absolute atomic E-state index is 12.4. The number of nitrogens with zero attached hydrogens (tertiary/aromatic N) is 2. The molecular weight excluding hydrogens is 264 g/mol. The second kappa shape index (κ2) is 8.02. The van der Waals surface area contributed by atoms with Gasteiger partial charge in [0.05, 0.1) is 6.61 Å². The highest BCUT2D eigenvalue weighted by Crippen LogP contribution is 2.15. The van der Waals surface area contributed by atoms with Gasteiger partial charge in [0.1, 0.15) is 0 Å². The van der Waals surface area contributed by atoms with Gasteiger partial charge in [-0.2, -0.15) is 0 Å². The van der Waals surface area contributed by atoms with Crippen LogP contribution in [0, 0.1) is 0 Å². The summed E-state index contributed by atoms with van der Waals surface area (Å²) in [5, 5.41) is 0. The van der Waals surface area contributed by atoms with Crippen LogP contribution in [0.25, 0.3) is 0 Å². The number of ether oxygens (including phenoxy) is 1. The van der Waals surface area contributed by atoms with Crippen molar-refractivity contribution in [2.45, 2.75) is 0 Å². The van der Waals surface area contributed by atoms with Crippen LogP contribution in [0.2, 0.25) is 0 Å². The predicted octanol–water partition coefficient (Wildman–Crippen LogP) is 2.08. The highest BCUT2D eigenvalue weighted by atomic mass is 35.5. The quantitative estimate of drug-likeness (QED) is 0.719. The smallest absolute Gasteiger partial charge is 0.254 e. The molecule has 1 rings (SSSR count). The van der Waals surface area contributed by atoms with Crippen molar-refractivity contribution in [3.63, 3.8) is 0 Å². The Labute approximate surface area is 119 Å². The minimum absolute atomic E-state index is 0.0126. The van der Waals surface area contributed by atoms with Crippen molar-refractivity contribution in [1.82, 2.24) is 4.90 Å². The lowest BCUT2D eigenvalue weighted by atomic mass is 10.1. The average Bonchev–Trinajstić information content (AvgIpc) is 2.42. The van der Waals surface area contributed by atoms with Crippen molar-refractivity contribution < 1.29 is 9.53 Å². The van der Waals surface area contributed by atoms with E-state index in [1.54, 1.807) is 12.0 Å². The number of carbonyl (C=O) groups is 1. The van der Waals surface area contributed by atoms with Crippen molar-refractivity contribution in [3.8, 4) is 0 Å². The van der Waals surface area contributed by atoms with E-state index in [0.29, 0.717) is 31.1 Å². The number of alkyl halides is 1. The van der Waals surface area contributed by atoms with Crippen LogP contribution in [0.5, 0.6) is 0 Å². The van der Waals surface area contributed by atoms with Crippen molar-refractivity contribution >= 4 is 23.2 Å². The molecule has 5 heteroatoms. The van der Waals surface area contributed by atoms with E-state index in [4.69, 9.17) is 16.3 Å². The zero-order valence-electron chi connectivity index (χ0n) is 11.7. The zero-order valence-corrected chi connectivity index (χ0v) is 12.5. The summed E-state index contributed by atoms with van der Waals surface area (Å²) in [5.41, 5.74) is 1.68. The summed E-state index contributed by atoms with van der Waals surface area (Å²) >= 11 is 5.75. The van der Waals surface area contributed by atoms with E-state index >= 15 is 0 Å². The number of methoxy groups -OCH3 is 1. The average molecular weight is 285 g/mol. The van der Waals surface area contributed by atoms with Crippen LogP contribution in [-0.4, -0.2) is 57.6 Å². The molecule has 0 aliphatic carbocycles. The Balaban J connectivity index is 2.85. The Hall–Kier alpha value is -1.26. The fraction of sp³-hybridized carbons (Fsp3) is 0.500. The molecule has 1 aromatic rings. The minimum Gasteiger partial charge on any atom is -0.383 e. The molecule has 0 unspecified atom stereocenters. The van der Waals surface area contributed by atoms with E-state index in [1.165, 1.54) is 0 Å². The summed E-state index contributed by atoms with van der Waals surface area (Å²) in [5.74, 6) is 0.407. The SMILES string of the molecule is COCCN(CCCl)C(=O)c1cccc(N(C)C)c1. The predicted molar refractivity (Wildman–Crippen MR) is 79.3 cm³/mol. The third-order valence-electron chi connectivity index (χ3n) is 2.82. The van der Waals surface area contributed by atoms with E-state index in [9.17, 15) is 4.79 Å². The van der Waals surface area contributed by atoms with Crippen LogP contribution in [0.3, 0.4) is 0 Å². The molecule has 19 heavy (non-hydrogen) atoms. The van der Waals surface area contributed by atoms with Gasteiger partial charge in [0.15, 0.2) is 0 Å². The maximum Gasteiger partial charge on any atom is 0.254 e. The second-order valence-electron chi connectivity index (χ2n) is 4.42. The molecule has 0 atom stereocenters. The first-order valence-electron chi connectivity index (χ1n) is 6.21. The molecule has 0 aliphatic rings.